The molecule has 0 radical (unpaired) electrons. The number of nitrogens with two attached hydrogens (primary N) is 1. The topological polar surface area (TPSA) is 98.5 Å². The molecular formula is C16H24ClFN2O4S. The standard InChI is InChI=1S/C16H23FN2O4S.ClH/c1-24(21,22)9-8-14(18)16(20)19-11-6-7-15(13(17)10-11)23-12-4-2-3-5-12;/h6-7,10,12,14H,2-5,8-9,18H2,1H3,(H,19,20);1H. The van der Waals surface area contributed by atoms with Crippen LogP contribution in [0.15, 0.2) is 18.2 Å². The van der Waals surface area contributed by atoms with Crippen molar-refractivity contribution >= 4 is 33.8 Å². The molecular weight excluding hydrogens is 371 g/mol. The summed E-state index contributed by atoms with van der Waals surface area (Å²) in [5.41, 5.74) is 5.91. The highest BCUT2D eigenvalue weighted by Gasteiger charge is 2.19. The van der Waals surface area contributed by atoms with E-state index < -0.39 is 27.6 Å². The van der Waals surface area contributed by atoms with Crippen molar-refractivity contribution in [2.75, 3.05) is 17.3 Å². The molecule has 1 unspecified atom stereocenters. The fraction of sp³-hybridized carbons (Fsp3) is 0.562. The molecule has 9 heteroatoms. The van der Waals surface area contributed by atoms with Crippen LogP contribution < -0.4 is 15.8 Å². The molecule has 1 atom stereocenters. The third kappa shape index (κ3) is 7.17. The molecule has 1 fully saturated rings. The third-order valence-electron chi connectivity index (χ3n) is 3.93. The lowest BCUT2D eigenvalue weighted by Crippen LogP contribution is -2.37. The van der Waals surface area contributed by atoms with Crippen LogP contribution in [0.5, 0.6) is 5.75 Å². The molecule has 6 nitrogen and oxygen atoms in total. The summed E-state index contributed by atoms with van der Waals surface area (Å²) in [6, 6.07) is 3.21. The maximum Gasteiger partial charge on any atom is 0.241 e. The van der Waals surface area contributed by atoms with Crippen molar-refractivity contribution in [1.82, 2.24) is 0 Å². The summed E-state index contributed by atoms with van der Waals surface area (Å²) in [7, 11) is -3.19. The Bertz CT molecular complexity index is 693. The molecule has 0 aromatic heterocycles. The van der Waals surface area contributed by atoms with Gasteiger partial charge >= 0.3 is 0 Å². The Hall–Kier alpha value is -1.38. The summed E-state index contributed by atoms with van der Waals surface area (Å²) >= 11 is 0. The first-order chi connectivity index (χ1) is 11.2. The number of anilines is 1. The maximum absolute atomic E-state index is 14.1. The van der Waals surface area contributed by atoms with Crippen molar-refractivity contribution < 1.29 is 22.3 Å². The number of hydrogen-bond donors (Lipinski definition) is 2. The van der Waals surface area contributed by atoms with E-state index in [1.165, 1.54) is 18.2 Å². The van der Waals surface area contributed by atoms with Crippen LogP contribution in [-0.4, -0.2) is 38.5 Å². The van der Waals surface area contributed by atoms with Gasteiger partial charge in [-0.05, 0) is 44.2 Å². The number of benzene rings is 1. The smallest absolute Gasteiger partial charge is 0.241 e. The summed E-state index contributed by atoms with van der Waals surface area (Å²) in [4.78, 5) is 11.9. The van der Waals surface area contributed by atoms with Crippen LogP contribution >= 0.6 is 12.4 Å². The first-order valence-electron chi connectivity index (χ1n) is 7.95. The minimum Gasteiger partial charge on any atom is -0.487 e. The van der Waals surface area contributed by atoms with Crippen molar-refractivity contribution in [3.05, 3.63) is 24.0 Å². The van der Waals surface area contributed by atoms with Crippen molar-refractivity contribution in [2.24, 2.45) is 5.73 Å². The molecule has 0 saturated heterocycles. The number of carbonyl (C=O) groups excluding carboxylic acids is 1. The molecule has 0 aliphatic heterocycles. The van der Waals surface area contributed by atoms with Gasteiger partial charge in [-0.1, -0.05) is 0 Å². The van der Waals surface area contributed by atoms with E-state index in [1.807, 2.05) is 0 Å². The Morgan fingerprint density at radius 3 is 2.60 bits per heavy atom. The molecule has 0 heterocycles. The zero-order valence-corrected chi connectivity index (χ0v) is 15.7. The fourth-order valence-corrected chi connectivity index (χ4v) is 3.25. The Kier molecular flexibility index (Phi) is 8.11. The van der Waals surface area contributed by atoms with Gasteiger partial charge < -0.3 is 15.8 Å². The quantitative estimate of drug-likeness (QED) is 0.739. The maximum atomic E-state index is 14.1. The lowest BCUT2D eigenvalue weighted by atomic mass is 10.2. The summed E-state index contributed by atoms with van der Waals surface area (Å²) < 4.78 is 41.9. The van der Waals surface area contributed by atoms with Gasteiger partial charge in [0.05, 0.1) is 17.9 Å². The second-order valence-corrected chi connectivity index (χ2v) is 8.44. The average Bonchev–Trinajstić information content (AvgIpc) is 2.99. The molecule has 2 rings (SSSR count). The normalized spacial score (nSPS) is 16.1. The van der Waals surface area contributed by atoms with Crippen molar-refractivity contribution in [1.29, 1.82) is 0 Å². The van der Waals surface area contributed by atoms with E-state index in [9.17, 15) is 17.6 Å². The molecule has 1 aliphatic rings. The molecule has 1 aromatic carbocycles. The molecule has 142 valence electrons. The molecule has 3 N–H and O–H groups in total. The number of carbonyl (C=O) groups is 1. The Morgan fingerprint density at radius 2 is 2.04 bits per heavy atom. The van der Waals surface area contributed by atoms with Gasteiger partial charge in [-0.3, -0.25) is 4.79 Å². The van der Waals surface area contributed by atoms with E-state index in [4.69, 9.17) is 10.5 Å². The first-order valence-corrected chi connectivity index (χ1v) is 10.0. The summed E-state index contributed by atoms with van der Waals surface area (Å²) in [6.07, 6.45) is 5.16. The first kappa shape index (κ1) is 21.7. The van der Waals surface area contributed by atoms with Gasteiger partial charge in [-0.2, -0.15) is 0 Å². The van der Waals surface area contributed by atoms with Gasteiger partial charge in [-0.25, -0.2) is 12.8 Å². The number of amides is 1. The van der Waals surface area contributed by atoms with Gasteiger partial charge in [0.25, 0.3) is 0 Å². The van der Waals surface area contributed by atoms with Crippen molar-refractivity contribution in [2.45, 2.75) is 44.2 Å². The zero-order valence-electron chi connectivity index (χ0n) is 14.0. The van der Waals surface area contributed by atoms with Gasteiger partial charge in [0.2, 0.25) is 5.91 Å². The fourth-order valence-electron chi connectivity index (χ4n) is 2.57. The second kappa shape index (κ2) is 9.35. The van der Waals surface area contributed by atoms with Crippen LogP contribution in [0, 0.1) is 5.82 Å². The molecule has 25 heavy (non-hydrogen) atoms. The van der Waals surface area contributed by atoms with E-state index in [2.05, 4.69) is 5.32 Å². The lowest BCUT2D eigenvalue weighted by Gasteiger charge is -2.15. The van der Waals surface area contributed by atoms with Gasteiger partial charge in [0.15, 0.2) is 11.6 Å². The molecule has 0 bridgehead atoms. The zero-order chi connectivity index (χ0) is 17.7. The van der Waals surface area contributed by atoms with Crippen LogP contribution in [0.25, 0.3) is 0 Å². The lowest BCUT2D eigenvalue weighted by molar-refractivity contribution is -0.117. The largest absolute Gasteiger partial charge is 0.487 e. The highest BCUT2D eigenvalue weighted by molar-refractivity contribution is 7.90. The van der Waals surface area contributed by atoms with Gasteiger partial charge in [0.1, 0.15) is 9.84 Å². The van der Waals surface area contributed by atoms with E-state index in [-0.39, 0.29) is 42.1 Å². The SMILES string of the molecule is CS(=O)(=O)CCC(N)C(=O)Nc1ccc(OC2CCCC2)c(F)c1.Cl. The van der Waals surface area contributed by atoms with E-state index in [1.54, 1.807) is 0 Å². The number of sulfone groups is 1. The minimum atomic E-state index is -3.19. The van der Waals surface area contributed by atoms with E-state index in [0.717, 1.165) is 31.9 Å². The van der Waals surface area contributed by atoms with Gasteiger partial charge in [-0.15, -0.1) is 12.4 Å². The highest BCUT2D eigenvalue weighted by atomic mass is 35.5. The summed E-state index contributed by atoms with van der Waals surface area (Å²) in [5.74, 6) is -1.11. The number of halogens is 2. The third-order valence-corrected chi connectivity index (χ3v) is 4.91. The molecule has 0 spiro atoms. The summed E-state index contributed by atoms with van der Waals surface area (Å²) in [5, 5.41) is 2.49. The second-order valence-electron chi connectivity index (χ2n) is 6.18. The van der Waals surface area contributed by atoms with E-state index in [0.29, 0.717) is 0 Å². The predicted octanol–water partition coefficient (Wildman–Crippen LogP) is 2.27. The van der Waals surface area contributed by atoms with Gasteiger partial charge in [0, 0.05) is 18.0 Å². The Morgan fingerprint density at radius 1 is 1.40 bits per heavy atom. The average molecular weight is 395 g/mol. The minimum absolute atomic E-state index is 0. The van der Waals surface area contributed by atoms with E-state index >= 15 is 0 Å². The number of nitrogens with one attached hydrogen (secondary N) is 1. The summed E-state index contributed by atoms with van der Waals surface area (Å²) in [6.45, 7) is 0. The molecule has 1 saturated carbocycles. The van der Waals surface area contributed by atoms with Crippen LogP contribution in [0.3, 0.4) is 0 Å². The van der Waals surface area contributed by atoms with Crippen LogP contribution in [-0.2, 0) is 14.6 Å². The predicted molar refractivity (Wildman–Crippen MR) is 97.5 cm³/mol. The van der Waals surface area contributed by atoms with Crippen molar-refractivity contribution in [3.63, 3.8) is 0 Å². The van der Waals surface area contributed by atoms with Crippen LogP contribution in [0.2, 0.25) is 0 Å². The Labute approximate surface area is 153 Å². The molecule has 1 aromatic rings. The highest BCUT2D eigenvalue weighted by Crippen LogP contribution is 2.27. The Balaban J connectivity index is 0.00000312. The monoisotopic (exact) mass is 394 g/mol. The number of hydrogen-bond acceptors (Lipinski definition) is 5. The number of ether oxygens (including phenoxy) is 1. The van der Waals surface area contributed by atoms with Crippen molar-refractivity contribution in [3.8, 4) is 5.75 Å². The van der Waals surface area contributed by atoms with Crippen LogP contribution in [0.1, 0.15) is 32.1 Å². The number of rotatable bonds is 7. The molecule has 1 aliphatic carbocycles. The molecule has 1 amide bonds. The van der Waals surface area contributed by atoms with Crippen LogP contribution in [0.4, 0.5) is 10.1 Å².